The highest BCUT2D eigenvalue weighted by molar-refractivity contribution is 6.13. The fourth-order valence-corrected chi connectivity index (χ4v) is 11.5. The highest BCUT2D eigenvalue weighted by Gasteiger charge is 2.49. The van der Waals surface area contributed by atoms with Crippen molar-refractivity contribution in [2.45, 2.75) is 89.8 Å². The second-order valence-corrected chi connectivity index (χ2v) is 20.5. The SMILES string of the molecule is CNc1ccn(-c2ccnc3c2cc([C@H](C)N2CC=C(c4c(C)cc(C(=O)N(C)c5ccc(C6CCN(Cc7ccc8c(c7)C(C)(C)C(=O)N8C7CCC(=O)NC7=O)CC6)cc5)cc4F)CC2)n3C)c(=O)c1. The van der Waals surface area contributed by atoms with Crippen molar-refractivity contribution < 1.29 is 23.6 Å². The number of aromatic nitrogens is 3. The largest absolute Gasteiger partial charge is 0.388 e. The number of piperidine rings is 2. The van der Waals surface area contributed by atoms with Crippen LogP contribution < -0.4 is 26.0 Å². The number of hydrogen-bond donors (Lipinski definition) is 2. The second kappa shape index (κ2) is 19.1. The molecule has 15 heteroatoms. The summed E-state index contributed by atoms with van der Waals surface area (Å²) in [5.41, 5.74) is 9.66. The highest BCUT2D eigenvalue weighted by atomic mass is 19.1. The average molecular weight is 972 g/mol. The molecule has 72 heavy (non-hydrogen) atoms. The summed E-state index contributed by atoms with van der Waals surface area (Å²) in [7, 11) is 5.51. The number of likely N-dealkylation sites (tertiary alicyclic amines) is 1. The van der Waals surface area contributed by atoms with Crippen LogP contribution in [0.5, 0.6) is 0 Å². The molecule has 4 aliphatic heterocycles. The first-order chi connectivity index (χ1) is 34.5. The minimum Gasteiger partial charge on any atom is -0.388 e. The zero-order chi connectivity index (χ0) is 50.7. The maximum Gasteiger partial charge on any atom is 0.258 e. The van der Waals surface area contributed by atoms with Crippen molar-refractivity contribution in [3.05, 3.63) is 153 Å². The molecule has 2 saturated heterocycles. The molecule has 372 valence electrons. The van der Waals surface area contributed by atoms with E-state index < -0.39 is 23.2 Å². The van der Waals surface area contributed by atoms with E-state index in [1.807, 2.05) is 64.2 Å². The van der Waals surface area contributed by atoms with Crippen molar-refractivity contribution in [2.24, 2.45) is 7.05 Å². The number of pyridine rings is 2. The molecule has 3 aromatic heterocycles. The molecule has 7 heterocycles. The van der Waals surface area contributed by atoms with Gasteiger partial charge in [-0.15, -0.1) is 0 Å². The van der Waals surface area contributed by atoms with Gasteiger partial charge in [-0.1, -0.05) is 30.3 Å². The fraction of sp³-hybridized carbons (Fsp3) is 0.368. The van der Waals surface area contributed by atoms with Crippen LogP contribution >= 0.6 is 0 Å². The summed E-state index contributed by atoms with van der Waals surface area (Å²) < 4.78 is 19.9. The first-order valence-electron chi connectivity index (χ1n) is 25.0. The lowest BCUT2D eigenvalue weighted by molar-refractivity contribution is -0.136. The number of imide groups is 1. The number of nitrogens with one attached hydrogen (secondary N) is 2. The lowest BCUT2D eigenvalue weighted by atomic mass is 9.85. The summed E-state index contributed by atoms with van der Waals surface area (Å²) >= 11 is 0. The molecule has 0 bridgehead atoms. The molecule has 0 spiro atoms. The number of nitrogens with zero attached hydrogens (tertiary/aromatic N) is 7. The van der Waals surface area contributed by atoms with Crippen LogP contribution in [-0.2, 0) is 33.4 Å². The smallest absolute Gasteiger partial charge is 0.258 e. The molecule has 2 N–H and O–H groups in total. The van der Waals surface area contributed by atoms with E-state index in [9.17, 15) is 24.0 Å². The van der Waals surface area contributed by atoms with E-state index in [1.165, 1.54) is 11.6 Å². The summed E-state index contributed by atoms with van der Waals surface area (Å²) in [5, 5.41) is 6.30. The maximum absolute atomic E-state index is 16.2. The van der Waals surface area contributed by atoms with Gasteiger partial charge in [0.1, 0.15) is 17.5 Å². The third-order valence-electron chi connectivity index (χ3n) is 15.8. The van der Waals surface area contributed by atoms with Crippen molar-refractivity contribution in [1.29, 1.82) is 0 Å². The van der Waals surface area contributed by atoms with Crippen molar-refractivity contribution in [3.8, 4) is 5.69 Å². The summed E-state index contributed by atoms with van der Waals surface area (Å²) in [6.07, 6.45) is 8.73. The molecule has 2 fully saturated rings. The Hall–Kier alpha value is -7.23. The number of rotatable bonds is 11. The standard InChI is InChI=1S/C57H62FN9O5/c1-34-28-40(30-45(58)52(34)39-19-25-65(26-20-39)35(2)49-32-43-46(16-22-60-53(43)63(49)7)66-27-21-41(59-5)31-51(66)69)55(71)62(6)42-11-9-37(10-12-42)38-17-23-64(24-18-38)33-36-8-13-47-44(29-36)57(3,4)56(72)67(47)48-14-15-50(68)61-54(48)70/h8-13,16,19,21-22,27-32,35,38,48,59H,14-15,17-18,20,23-26,33H2,1-7H3,(H,61,68,70)/t35-,48?/m0/s1. The normalized spacial score (nSPS) is 19.1. The van der Waals surface area contributed by atoms with Crippen molar-refractivity contribution in [2.75, 3.05) is 55.4 Å². The minimum atomic E-state index is -0.790. The second-order valence-electron chi connectivity index (χ2n) is 20.5. The van der Waals surface area contributed by atoms with Gasteiger partial charge in [-0.2, -0.15) is 0 Å². The van der Waals surface area contributed by atoms with Gasteiger partial charge in [0.05, 0.1) is 11.1 Å². The zero-order valence-electron chi connectivity index (χ0n) is 42.1. The third-order valence-corrected chi connectivity index (χ3v) is 15.8. The van der Waals surface area contributed by atoms with Gasteiger partial charge >= 0.3 is 0 Å². The number of carbonyl (C=O) groups is 4. The number of carbonyl (C=O) groups excluding carboxylic acids is 4. The van der Waals surface area contributed by atoms with Crippen LogP contribution in [0, 0.1) is 12.7 Å². The van der Waals surface area contributed by atoms with Crippen LogP contribution in [-0.4, -0.2) is 93.9 Å². The van der Waals surface area contributed by atoms with Crippen LogP contribution in [0.2, 0.25) is 0 Å². The predicted molar refractivity (Wildman–Crippen MR) is 279 cm³/mol. The molecule has 1 unspecified atom stereocenters. The Morgan fingerprint density at radius 2 is 1.69 bits per heavy atom. The number of fused-ring (bicyclic) bond motifs is 2. The molecular weight excluding hydrogens is 910 g/mol. The molecule has 6 aromatic rings. The molecule has 3 aromatic carbocycles. The van der Waals surface area contributed by atoms with E-state index in [2.05, 4.69) is 67.2 Å². The Labute approximate surface area is 419 Å². The van der Waals surface area contributed by atoms with Crippen molar-refractivity contribution in [1.82, 2.24) is 29.2 Å². The molecule has 14 nitrogen and oxygen atoms in total. The molecule has 4 aliphatic rings. The van der Waals surface area contributed by atoms with Gasteiger partial charge in [-0.25, -0.2) is 9.37 Å². The van der Waals surface area contributed by atoms with Gasteiger partial charge < -0.3 is 14.8 Å². The number of benzene rings is 3. The van der Waals surface area contributed by atoms with E-state index in [1.54, 1.807) is 53.0 Å². The lowest BCUT2D eigenvalue weighted by Crippen LogP contribution is -2.55. The quantitative estimate of drug-likeness (QED) is 0.123. The minimum absolute atomic E-state index is 0.0162. The Morgan fingerprint density at radius 3 is 2.38 bits per heavy atom. The monoisotopic (exact) mass is 971 g/mol. The summed E-state index contributed by atoms with van der Waals surface area (Å²) in [6, 6.07) is 24.2. The zero-order valence-corrected chi connectivity index (χ0v) is 42.1. The van der Waals surface area contributed by atoms with E-state index in [-0.39, 0.29) is 35.7 Å². The Bertz CT molecular complexity index is 3230. The van der Waals surface area contributed by atoms with Gasteiger partial charge in [0, 0.05) is 111 Å². The Kier molecular flexibility index (Phi) is 12.8. The highest BCUT2D eigenvalue weighted by Crippen LogP contribution is 2.44. The summed E-state index contributed by atoms with van der Waals surface area (Å²) in [5.74, 6) is -1.17. The summed E-state index contributed by atoms with van der Waals surface area (Å²) in [6.45, 7) is 11.7. The van der Waals surface area contributed by atoms with Gasteiger partial charge in [-0.05, 0) is 149 Å². The maximum atomic E-state index is 16.2. The fourth-order valence-electron chi connectivity index (χ4n) is 11.5. The van der Waals surface area contributed by atoms with E-state index in [4.69, 9.17) is 0 Å². The van der Waals surface area contributed by atoms with Crippen molar-refractivity contribution >= 4 is 57.3 Å². The van der Waals surface area contributed by atoms with E-state index in [0.717, 1.165) is 94.2 Å². The first-order valence-corrected chi connectivity index (χ1v) is 25.0. The molecule has 0 saturated carbocycles. The van der Waals surface area contributed by atoms with Crippen LogP contribution in [0.1, 0.15) is 109 Å². The number of hydrogen-bond acceptors (Lipinski definition) is 9. The molecular formula is C57H62FN9O5. The van der Waals surface area contributed by atoms with Gasteiger partial charge in [0.25, 0.3) is 11.5 Å². The van der Waals surface area contributed by atoms with Crippen LogP contribution in [0.15, 0.2) is 102 Å². The Balaban J connectivity index is 0.750. The topological polar surface area (TPSA) is 145 Å². The number of aryl methyl sites for hydroxylation is 2. The van der Waals surface area contributed by atoms with Crippen LogP contribution in [0.4, 0.5) is 21.5 Å². The average Bonchev–Trinajstić information content (AvgIpc) is 3.81. The molecule has 4 amide bonds. The van der Waals surface area contributed by atoms with E-state index >= 15 is 4.39 Å². The van der Waals surface area contributed by atoms with Crippen LogP contribution in [0.3, 0.4) is 0 Å². The van der Waals surface area contributed by atoms with Gasteiger partial charge in [0.15, 0.2) is 0 Å². The number of anilines is 3. The Morgan fingerprint density at radius 1 is 0.931 bits per heavy atom. The van der Waals surface area contributed by atoms with Gasteiger partial charge in [0.2, 0.25) is 17.7 Å². The first kappa shape index (κ1) is 48.4. The number of amides is 4. The van der Waals surface area contributed by atoms with Crippen molar-refractivity contribution in [3.63, 3.8) is 0 Å². The molecule has 0 aliphatic carbocycles. The number of halogens is 1. The predicted octanol–water partition coefficient (Wildman–Crippen LogP) is 8.15. The van der Waals surface area contributed by atoms with Gasteiger partial charge in [-0.3, -0.25) is 48.6 Å². The lowest BCUT2D eigenvalue weighted by Gasteiger charge is -2.33. The molecule has 10 rings (SSSR count). The third kappa shape index (κ3) is 8.72. The van der Waals surface area contributed by atoms with Crippen LogP contribution in [0.25, 0.3) is 22.3 Å². The molecule has 2 atom stereocenters. The molecule has 0 radical (unpaired) electrons. The van der Waals surface area contributed by atoms with E-state index in [0.29, 0.717) is 43.0 Å². The summed E-state index contributed by atoms with van der Waals surface area (Å²) in [4.78, 5) is 77.8.